The molecule has 0 atom stereocenters. The zero-order chi connectivity index (χ0) is 18.7. The molecule has 0 aliphatic rings. The lowest BCUT2D eigenvalue weighted by atomic mass is 10.1. The minimum absolute atomic E-state index is 0.0134. The van der Waals surface area contributed by atoms with Gasteiger partial charge in [-0.2, -0.15) is 0 Å². The van der Waals surface area contributed by atoms with E-state index in [-0.39, 0.29) is 11.8 Å². The largest absolute Gasteiger partial charge is 0.344 e. The van der Waals surface area contributed by atoms with Crippen LogP contribution in [0.1, 0.15) is 86.5 Å². The van der Waals surface area contributed by atoms with E-state index in [1.165, 1.54) is 61.2 Å². The SMILES string of the molecule is CCCCCCCCCCCC(=O)Nc1nc(C)c(C(=O)N(C)C)s1. The summed E-state index contributed by atoms with van der Waals surface area (Å²) in [5.74, 6) is -0.0880. The highest BCUT2D eigenvalue weighted by atomic mass is 32.1. The van der Waals surface area contributed by atoms with Gasteiger partial charge in [0.2, 0.25) is 5.91 Å². The van der Waals surface area contributed by atoms with Gasteiger partial charge in [0.15, 0.2) is 5.13 Å². The van der Waals surface area contributed by atoms with Gasteiger partial charge in [-0.05, 0) is 13.3 Å². The number of carbonyl (C=O) groups excluding carboxylic acids is 2. The first kappa shape index (κ1) is 21.6. The Kier molecular flexibility index (Phi) is 10.4. The van der Waals surface area contributed by atoms with E-state index in [0.29, 0.717) is 22.1 Å². The second-order valence-electron chi connectivity index (χ2n) is 6.76. The number of anilines is 1. The van der Waals surface area contributed by atoms with Crippen LogP contribution in [0.3, 0.4) is 0 Å². The van der Waals surface area contributed by atoms with Crippen LogP contribution in [0.5, 0.6) is 0 Å². The first-order valence-electron chi connectivity index (χ1n) is 9.44. The van der Waals surface area contributed by atoms with Gasteiger partial charge >= 0.3 is 0 Å². The molecule has 6 heteroatoms. The van der Waals surface area contributed by atoms with E-state index in [9.17, 15) is 9.59 Å². The minimum atomic E-state index is -0.0746. The molecule has 1 N–H and O–H groups in total. The number of aryl methyl sites for hydroxylation is 1. The third-order valence-corrected chi connectivity index (χ3v) is 5.21. The zero-order valence-electron chi connectivity index (χ0n) is 16.2. The number of nitrogens with one attached hydrogen (secondary N) is 1. The van der Waals surface area contributed by atoms with Gasteiger partial charge in [0.1, 0.15) is 4.88 Å². The summed E-state index contributed by atoms with van der Waals surface area (Å²) in [5, 5.41) is 3.34. The van der Waals surface area contributed by atoms with Gasteiger partial charge in [0, 0.05) is 20.5 Å². The number of nitrogens with zero attached hydrogens (tertiary/aromatic N) is 2. The molecule has 142 valence electrons. The van der Waals surface area contributed by atoms with E-state index in [1.54, 1.807) is 21.0 Å². The second-order valence-corrected chi connectivity index (χ2v) is 7.76. The number of aromatic nitrogens is 1. The van der Waals surface area contributed by atoms with Gasteiger partial charge in [0.05, 0.1) is 5.69 Å². The Morgan fingerprint density at radius 1 is 1.00 bits per heavy atom. The number of hydrogen-bond donors (Lipinski definition) is 1. The van der Waals surface area contributed by atoms with Crippen molar-refractivity contribution >= 4 is 28.3 Å². The maximum absolute atomic E-state index is 12.0. The number of amides is 2. The molecular weight excluding hydrogens is 334 g/mol. The Bertz CT molecular complexity index is 541. The number of thiazole rings is 1. The molecule has 0 saturated carbocycles. The van der Waals surface area contributed by atoms with Crippen molar-refractivity contribution in [2.24, 2.45) is 0 Å². The first-order valence-corrected chi connectivity index (χ1v) is 10.3. The predicted octanol–water partition coefficient (Wildman–Crippen LogP) is 5.01. The van der Waals surface area contributed by atoms with Crippen LogP contribution in [0.25, 0.3) is 0 Å². The van der Waals surface area contributed by atoms with Crippen molar-refractivity contribution in [3.63, 3.8) is 0 Å². The molecule has 1 rings (SSSR count). The lowest BCUT2D eigenvalue weighted by Crippen LogP contribution is -2.21. The van der Waals surface area contributed by atoms with Crippen LogP contribution < -0.4 is 5.32 Å². The summed E-state index contributed by atoms with van der Waals surface area (Å²) in [6, 6.07) is 0. The van der Waals surface area contributed by atoms with Crippen molar-refractivity contribution in [1.82, 2.24) is 9.88 Å². The number of unbranched alkanes of at least 4 members (excludes halogenated alkanes) is 8. The van der Waals surface area contributed by atoms with Crippen LogP contribution in [0.2, 0.25) is 0 Å². The molecule has 0 spiro atoms. The Morgan fingerprint density at radius 3 is 2.12 bits per heavy atom. The third-order valence-electron chi connectivity index (χ3n) is 4.15. The topological polar surface area (TPSA) is 62.3 Å². The number of carbonyl (C=O) groups is 2. The standard InChI is InChI=1S/C19H33N3O2S/c1-5-6-7-8-9-10-11-12-13-14-16(23)21-19-20-15(2)17(25-19)18(24)22(3)4/h5-14H2,1-4H3,(H,20,21,23). The monoisotopic (exact) mass is 367 g/mol. The van der Waals surface area contributed by atoms with E-state index >= 15 is 0 Å². The molecule has 0 bridgehead atoms. The van der Waals surface area contributed by atoms with E-state index < -0.39 is 0 Å². The fourth-order valence-corrected chi connectivity index (χ4v) is 3.63. The van der Waals surface area contributed by atoms with Gasteiger partial charge in [-0.3, -0.25) is 9.59 Å². The summed E-state index contributed by atoms with van der Waals surface area (Å²) in [7, 11) is 3.42. The summed E-state index contributed by atoms with van der Waals surface area (Å²) < 4.78 is 0. The molecule has 0 aliphatic heterocycles. The molecule has 0 aliphatic carbocycles. The lowest BCUT2D eigenvalue weighted by molar-refractivity contribution is -0.116. The number of hydrogen-bond acceptors (Lipinski definition) is 4. The van der Waals surface area contributed by atoms with Crippen molar-refractivity contribution in [1.29, 1.82) is 0 Å². The summed E-state index contributed by atoms with van der Waals surface area (Å²) in [5.41, 5.74) is 0.669. The van der Waals surface area contributed by atoms with Crippen molar-refractivity contribution in [3.8, 4) is 0 Å². The van der Waals surface area contributed by atoms with Gasteiger partial charge in [0.25, 0.3) is 5.91 Å². The molecule has 0 fully saturated rings. The predicted molar refractivity (Wildman–Crippen MR) is 105 cm³/mol. The summed E-state index contributed by atoms with van der Waals surface area (Å²) in [4.78, 5) is 30.4. The lowest BCUT2D eigenvalue weighted by Gasteiger charge is -2.07. The summed E-state index contributed by atoms with van der Waals surface area (Å²) >= 11 is 1.25. The number of rotatable bonds is 12. The van der Waals surface area contributed by atoms with E-state index in [4.69, 9.17) is 0 Å². The molecule has 1 heterocycles. The van der Waals surface area contributed by atoms with Crippen LogP contribution in [-0.2, 0) is 4.79 Å². The van der Waals surface area contributed by atoms with Crippen molar-refractivity contribution in [2.45, 2.75) is 78.1 Å². The zero-order valence-corrected chi connectivity index (χ0v) is 17.0. The van der Waals surface area contributed by atoms with Gasteiger partial charge in [-0.25, -0.2) is 4.98 Å². The van der Waals surface area contributed by atoms with Crippen LogP contribution in [0.15, 0.2) is 0 Å². The summed E-state index contributed by atoms with van der Waals surface area (Å²) in [6.07, 6.45) is 11.6. The smallest absolute Gasteiger partial charge is 0.265 e. The van der Waals surface area contributed by atoms with Crippen molar-refractivity contribution in [3.05, 3.63) is 10.6 Å². The maximum Gasteiger partial charge on any atom is 0.265 e. The van der Waals surface area contributed by atoms with Gasteiger partial charge in [-0.1, -0.05) is 69.6 Å². The average Bonchev–Trinajstić information content (AvgIpc) is 2.92. The van der Waals surface area contributed by atoms with Crippen molar-refractivity contribution in [2.75, 3.05) is 19.4 Å². The van der Waals surface area contributed by atoms with Crippen LogP contribution >= 0.6 is 11.3 Å². The molecule has 25 heavy (non-hydrogen) atoms. The van der Waals surface area contributed by atoms with E-state index in [2.05, 4.69) is 17.2 Å². The molecule has 2 amide bonds. The first-order chi connectivity index (χ1) is 12.0. The fraction of sp³-hybridized carbons (Fsp3) is 0.737. The fourth-order valence-electron chi connectivity index (χ4n) is 2.63. The molecule has 1 aromatic rings. The molecular formula is C19H33N3O2S. The molecule has 0 saturated heterocycles. The van der Waals surface area contributed by atoms with Gasteiger partial charge < -0.3 is 10.2 Å². The Balaban J connectivity index is 2.20. The quantitative estimate of drug-likeness (QED) is 0.528. The highest BCUT2D eigenvalue weighted by Gasteiger charge is 2.17. The highest BCUT2D eigenvalue weighted by Crippen LogP contribution is 2.23. The van der Waals surface area contributed by atoms with Crippen LogP contribution in [-0.4, -0.2) is 35.8 Å². The van der Waals surface area contributed by atoms with Crippen LogP contribution in [0.4, 0.5) is 5.13 Å². The molecule has 0 radical (unpaired) electrons. The molecule has 0 unspecified atom stereocenters. The minimum Gasteiger partial charge on any atom is -0.344 e. The normalized spacial score (nSPS) is 10.7. The highest BCUT2D eigenvalue weighted by molar-refractivity contribution is 7.17. The summed E-state index contributed by atoms with van der Waals surface area (Å²) in [6.45, 7) is 4.03. The Hall–Kier alpha value is -1.43. The molecule has 0 aromatic carbocycles. The van der Waals surface area contributed by atoms with Gasteiger partial charge in [-0.15, -0.1) is 0 Å². The second kappa shape index (κ2) is 12.0. The molecule has 5 nitrogen and oxygen atoms in total. The van der Waals surface area contributed by atoms with Crippen molar-refractivity contribution < 1.29 is 9.59 Å². The van der Waals surface area contributed by atoms with E-state index in [1.807, 2.05) is 0 Å². The maximum atomic E-state index is 12.0. The molecule has 1 aromatic heterocycles. The van der Waals surface area contributed by atoms with E-state index in [0.717, 1.165) is 12.8 Å². The van der Waals surface area contributed by atoms with Crippen LogP contribution in [0, 0.1) is 6.92 Å². The third kappa shape index (κ3) is 8.47. The average molecular weight is 368 g/mol. The Morgan fingerprint density at radius 2 is 1.56 bits per heavy atom. The Labute approximate surface area is 156 Å².